The van der Waals surface area contributed by atoms with Gasteiger partial charge in [-0.1, -0.05) is 6.07 Å². The SMILES string of the molecule is Cc1ccc2nc(-c3ccc(N)c(S(=O)[O-])c3)sc2c1. The molecule has 3 aromatic rings. The standard InChI is InChI=1S/C14H12N2O2S2/c1-8-2-5-11-12(6-8)19-14(16-11)9-3-4-10(15)13(7-9)20(17)18/h2-7H,15H2,1H3,(H,17,18)/p-1. The Balaban J connectivity index is 2.15. The lowest BCUT2D eigenvalue weighted by atomic mass is 10.2. The highest BCUT2D eigenvalue weighted by Gasteiger charge is 2.09. The number of hydrogen-bond donors (Lipinski definition) is 1. The van der Waals surface area contributed by atoms with Crippen molar-refractivity contribution in [2.24, 2.45) is 0 Å². The maximum atomic E-state index is 11.1. The summed E-state index contributed by atoms with van der Waals surface area (Å²) >= 11 is -0.806. The number of thiazole rings is 1. The minimum atomic E-state index is -2.34. The third-order valence-corrected chi connectivity index (χ3v) is 4.76. The lowest BCUT2D eigenvalue weighted by molar-refractivity contribution is 0.537. The van der Waals surface area contributed by atoms with Crippen molar-refractivity contribution in [2.75, 3.05) is 5.73 Å². The molecule has 0 bridgehead atoms. The van der Waals surface area contributed by atoms with E-state index in [1.807, 2.05) is 19.1 Å². The summed E-state index contributed by atoms with van der Waals surface area (Å²) in [5.41, 5.74) is 8.75. The molecule has 0 saturated heterocycles. The van der Waals surface area contributed by atoms with E-state index in [4.69, 9.17) is 5.73 Å². The van der Waals surface area contributed by atoms with Crippen molar-refractivity contribution in [3.8, 4) is 10.6 Å². The lowest BCUT2D eigenvalue weighted by Crippen LogP contribution is -1.97. The van der Waals surface area contributed by atoms with Crippen molar-refractivity contribution < 1.29 is 8.76 Å². The van der Waals surface area contributed by atoms with Gasteiger partial charge >= 0.3 is 0 Å². The number of aryl methyl sites for hydroxylation is 1. The second-order valence-electron chi connectivity index (χ2n) is 4.48. The summed E-state index contributed by atoms with van der Waals surface area (Å²) in [6.07, 6.45) is 0. The number of benzene rings is 2. The monoisotopic (exact) mass is 303 g/mol. The zero-order valence-electron chi connectivity index (χ0n) is 10.6. The quantitative estimate of drug-likeness (QED) is 0.583. The summed E-state index contributed by atoms with van der Waals surface area (Å²) in [5.74, 6) is 0. The average molecular weight is 303 g/mol. The number of nitrogen functional groups attached to an aromatic ring is 1. The first-order valence-electron chi connectivity index (χ1n) is 5.91. The van der Waals surface area contributed by atoms with E-state index in [-0.39, 0.29) is 10.6 Å². The Bertz CT molecular complexity index is 827. The van der Waals surface area contributed by atoms with E-state index in [9.17, 15) is 8.76 Å². The molecule has 2 aromatic carbocycles. The van der Waals surface area contributed by atoms with E-state index in [0.717, 1.165) is 20.8 Å². The van der Waals surface area contributed by atoms with Crippen LogP contribution in [0.2, 0.25) is 0 Å². The Morgan fingerprint density at radius 3 is 2.80 bits per heavy atom. The van der Waals surface area contributed by atoms with E-state index in [2.05, 4.69) is 11.1 Å². The lowest BCUT2D eigenvalue weighted by Gasteiger charge is -2.09. The highest BCUT2D eigenvalue weighted by molar-refractivity contribution is 7.79. The van der Waals surface area contributed by atoms with Gasteiger partial charge in [0.1, 0.15) is 5.01 Å². The molecule has 0 radical (unpaired) electrons. The fraction of sp³-hybridized carbons (Fsp3) is 0.0714. The highest BCUT2D eigenvalue weighted by atomic mass is 32.2. The van der Waals surface area contributed by atoms with Gasteiger partial charge in [-0.3, -0.25) is 4.21 Å². The van der Waals surface area contributed by atoms with Gasteiger partial charge in [-0.2, -0.15) is 0 Å². The maximum absolute atomic E-state index is 11.1. The van der Waals surface area contributed by atoms with Crippen LogP contribution in [0, 0.1) is 6.92 Å². The Kier molecular flexibility index (Phi) is 3.29. The van der Waals surface area contributed by atoms with Crippen LogP contribution in [0.5, 0.6) is 0 Å². The molecule has 1 unspecified atom stereocenters. The normalized spacial score (nSPS) is 12.7. The van der Waals surface area contributed by atoms with E-state index in [1.54, 1.807) is 18.2 Å². The second-order valence-corrected chi connectivity index (χ2v) is 6.42. The molecule has 6 heteroatoms. The van der Waals surface area contributed by atoms with Gasteiger partial charge in [0, 0.05) is 16.1 Å². The molecule has 20 heavy (non-hydrogen) atoms. The molecule has 3 rings (SSSR count). The van der Waals surface area contributed by atoms with Crippen LogP contribution in [0.4, 0.5) is 5.69 Å². The van der Waals surface area contributed by atoms with Gasteiger partial charge in [0.25, 0.3) is 0 Å². The van der Waals surface area contributed by atoms with E-state index < -0.39 is 11.1 Å². The summed E-state index contributed by atoms with van der Waals surface area (Å²) in [4.78, 5) is 4.64. The molecule has 102 valence electrons. The van der Waals surface area contributed by atoms with E-state index in [0.29, 0.717) is 0 Å². The summed E-state index contributed by atoms with van der Waals surface area (Å²) in [6.45, 7) is 2.03. The third-order valence-electron chi connectivity index (χ3n) is 2.98. The molecule has 0 saturated carbocycles. The molecule has 0 aliphatic heterocycles. The molecule has 4 nitrogen and oxygen atoms in total. The third kappa shape index (κ3) is 2.33. The fourth-order valence-electron chi connectivity index (χ4n) is 1.97. The summed E-state index contributed by atoms with van der Waals surface area (Å²) in [6, 6.07) is 11.0. The van der Waals surface area contributed by atoms with E-state index in [1.165, 1.54) is 16.9 Å². The predicted molar refractivity (Wildman–Crippen MR) is 81.4 cm³/mol. The van der Waals surface area contributed by atoms with Crippen molar-refractivity contribution in [1.82, 2.24) is 4.98 Å². The van der Waals surface area contributed by atoms with Gasteiger partial charge in [0.2, 0.25) is 0 Å². The van der Waals surface area contributed by atoms with Crippen LogP contribution in [0.1, 0.15) is 5.56 Å². The summed E-state index contributed by atoms with van der Waals surface area (Å²) < 4.78 is 23.3. The largest absolute Gasteiger partial charge is 0.768 e. The zero-order valence-corrected chi connectivity index (χ0v) is 12.3. The molecule has 0 aliphatic carbocycles. The molecule has 2 N–H and O–H groups in total. The number of hydrogen-bond acceptors (Lipinski definition) is 5. The Morgan fingerprint density at radius 2 is 2.05 bits per heavy atom. The van der Waals surface area contributed by atoms with Crippen LogP contribution < -0.4 is 5.73 Å². The van der Waals surface area contributed by atoms with Gasteiger partial charge in [0.15, 0.2) is 0 Å². The molecule has 0 amide bonds. The molecule has 1 aromatic heterocycles. The van der Waals surface area contributed by atoms with Gasteiger partial charge in [-0.25, -0.2) is 4.98 Å². The van der Waals surface area contributed by atoms with Gasteiger partial charge in [-0.05, 0) is 53.9 Å². The number of aromatic nitrogens is 1. The minimum Gasteiger partial charge on any atom is -0.768 e. The van der Waals surface area contributed by atoms with Crippen LogP contribution in [0.25, 0.3) is 20.8 Å². The topological polar surface area (TPSA) is 79.0 Å². The molecule has 1 atom stereocenters. The fourth-order valence-corrected chi connectivity index (χ4v) is 3.51. The average Bonchev–Trinajstić information content (AvgIpc) is 2.81. The first-order valence-corrected chi connectivity index (χ1v) is 7.80. The van der Waals surface area contributed by atoms with E-state index >= 15 is 0 Å². The van der Waals surface area contributed by atoms with Crippen molar-refractivity contribution in [2.45, 2.75) is 11.8 Å². The molecular weight excluding hydrogens is 292 g/mol. The van der Waals surface area contributed by atoms with Crippen LogP contribution in [-0.4, -0.2) is 13.7 Å². The van der Waals surface area contributed by atoms with Crippen LogP contribution in [0.3, 0.4) is 0 Å². The molecule has 1 heterocycles. The summed E-state index contributed by atoms with van der Waals surface area (Å²) in [7, 11) is 0. The van der Waals surface area contributed by atoms with Gasteiger partial charge in [0.05, 0.1) is 10.2 Å². The first kappa shape index (κ1) is 13.2. The second kappa shape index (κ2) is 4.97. The smallest absolute Gasteiger partial charge is 0.124 e. The molecule has 0 spiro atoms. The minimum absolute atomic E-state index is 0.109. The summed E-state index contributed by atoms with van der Waals surface area (Å²) in [5, 5.41) is 0.789. The van der Waals surface area contributed by atoms with Crippen LogP contribution >= 0.6 is 11.3 Å². The van der Waals surface area contributed by atoms with Crippen molar-refractivity contribution in [1.29, 1.82) is 0 Å². The highest BCUT2D eigenvalue weighted by Crippen LogP contribution is 2.32. The Labute approximate surface area is 122 Å². The molecular formula is C14H11N2O2S2-. The van der Waals surface area contributed by atoms with Crippen molar-refractivity contribution >= 4 is 38.3 Å². The number of nitrogens with zero attached hydrogens (tertiary/aromatic N) is 1. The Hall–Kier alpha value is -1.76. The Morgan fingerprint density at radius 1 is 1.25 bits per heavy atom. The van der Waals surface area contributed by atoms with Crippen molar-refractivity contribution in [3.05, 3.63) is 42.0 Å². The zero-order chi connectivity index (χ0) is 14.3. The van der Waals surface area contributed by atoms with Gasteiger partial charge in [-0.15, -0.1) is 11.3 Å². The number of nitrogens with two attached hydrogens (primary N) is 1. The van der Waals surface area contributed by atoms with Gasteiger partial charge < -0.3 is 10.3 Å². The van der Waals surface area contributed by atoms with Crippen molar-refractivity contribution in [3.63, 3.8) is 0 Å². The van der Waals surface area contributed by atoms with Crippen LogP contribution in [-0.2, 0) is 11.1 Å². The molecule has 0 fully saturated rings. The molecule has 0 aliphatic rings. The maximum Gasteiger partial charge on any atom is 0.124 e. The number of fused-ring (bicyclic) bond motifs is 1. The number of anilines is 1. The predicted octanol–water partition coefficient (Wildman–Crippen LogP) is 3.09. The number of rotatable bonds is 2. The van der Waals surface area contributed by atoms with Crippen LogP contribution in [0.15, 0.2) is 41.3 Å². The first-order chi connectivity index (χ1) is 9.54.